The van der Waals surface area contributed by atoms with Crippen LogP contribution in [0.3, 0.4) is 0 Å². The van der Waals surface area contributed by atoms with Crippen LogP contribution < -0.4 is 20.3 Å². The standard InChI is InChI=1S/C18H27N5O4S/c1-3-19-17(24)12-23(4-2)13-18(25)21-14-7-5-8-15(11-14)28(26,27)22-16-9-6-10-20-16/h5,7-8,11H,3-4,6,9-10,12-13H2,1-2H3,(H,19,24)(H,20,22)(H,21,25)/p+1. The van der Waals surface area contributed by atoms with Gasteiger partial charge < -0.3 is 15.5 Å². The smallest absolute Gasteiger partial charge is 0.279 e. The van der Waals surface area contributed by atoms with Crippen molar-refractivity contribution in [3.05, 3.63) is 24.3 Å². The second-order valence-electron chi connectivity index (χ2n) is 6.52. The largest absolute Gasteiger partial charge is 0.351 e. The van der Waals surface area contributed by atoms with Crippen molar-refractivity contribution in [3.8, 4) is 0 Å². The van der Waals surface area contributed by atoms with Gasteiger partial charge in [0.25, 0.3) is 21.8 Å². The quantitative estimate of drug-likeness (QED) is 0.423. The third kappa shape index (κ3) is 6.61. The fourth-order valence-electron chi connectivity index (χ4n) is 2.81. The zero-order valence-electron chi connectivity index (χ0n) is 16.2. The molecule has 10 heteroatoms. The first-order valence-corrected chi connectivity index (χ1v) is 10.9. The highest BCUT2D eigenvalue weighted by Gasteiger charge is 2.20. The molecular weight excluding hydrogens is 382 g/mol. The van der Waals surface area contributed by atoms with Gasteiger partial charge in [-0.05, 0) is 38.5 Å². The Kier molecular flexibility index (Phi) is 7.94. The van der Waals surface area contributed by atoms with Crippen molar-refractivity contribution in [2.75, 3.05) is 38.0 Å². The van der Waals surface area contributed by atoms with Crippen LogP contribution in [-0.4, -0.2) is 58.8 Å². The Bertz CT molecular complexity index is 838. The van der Waals surface area contributed by atoms with Crippen LogP contribution in [-0.2, 0) is 19.6 Å². The van der Waals surface area contributed by atoms with Crippen molar-refractivity contribution in [3.63, 3.8) is 0 Å². The van der Waals surface area contributed by atoms with Gasteiger partial charge in [0.2, 0.25) is 0 Å². The van der Waals surface area contributed by atoms with Crippen LogP contribution in [0, 0.1) is 0 Å². The van der Waals surface area contributed by atoms with Crippen molar-refractivity contribution >= 4 is 33.4 Å². The van der Waals surface area contributed by atoms with Crippen molar-refractivity contribution in [1.29, 1.82) is 0 Å². The van der Waals surface area contributed by atoms with Gasteiger partial charge in [-0.2, -0.15) is 0 Å². The number of hydrogen-bond acceptors (Lipinski definition) is 5. The number of likely N-dealkylation sites (N-methyl/N-ethyl adjacent to an activating group) is 2. The van der Waals surface area contributed by atoms with Gasteiger partial charge >= 0.3 is 0 Å². The van der Waals surface area contributed by atoms with Crippen LogP contribution in [0.2, 0.25) is 0 Å². The first-order valence-electron chi connectivity index (χ1n) is 9.40. The minimum atomic E-state index is -3.74. The Balaban J connectivity index is 1.99. The Hall–Kier alpha value is -2.46. The molecule has 1 aliphatic heterocycles. The molecule has 2 amide bonds. The normalized spacial score (nSPS) is 14.9. The van der Waals surface area contributed by atoms with E-state index in [0.717, 1.165) is 11.3 Å². The summed E-state index contributed by atoms with van der Waals surface area (Å²) in [5.74, 6) is 0.0620. The topological polar surface area (TPSA) is 121 Å². The number of amides is 2. The van der Waals surface area contributed by atoms with Gasteiger partial charge in [0.15, 0.2) is 13.1 Å². The molecule has 154 valence electrons. The highest BCUT2D eigenvalue weighted by atomic mass is 32.2. The van der Waals surface area contributed by atoms with Crippen molar-refractivity contribution < 1.29 is 22.9 Å². The van der Waals surface area contributed by atoms with Gasteiger partial charge in [-0.3, -0.25) is 19.3 Å². The maximum atomic E-state index is 12.5. The number of nitrogens with one attached hydrogen (secondary N) is 4. The minimum Gasteiger partial charge on any atom is -0.351 e. The predicted molar refractivity (Wildman–Crippen MR) is 107 cm³/mol. The molecule has 0 aromatic heterocycles. The molecule has 0 radical (unpaired) electrons. The Morgan fingerprint density at radius 1 is 1.18 bits per heavy atom. The van der Waals surface area contributed by atoms with Gasteiger partial charge in [0.1, 0.15) is 5.84 Å². The lowest BCUT2D eigenvalue weighted by atomic mass is 10.3. The highest BCUT2D eigenvalue weighted by Crippen LogP contribution is 2.16. The summed E-state index contributed by atoms with van der Waals surface area (Å²) in [6.45, 7) is 5.84. The summed E-state index contributed by atoms with van der Waals surface area (Å²) in [7, 11) is -3.74. The van der Waals surface area contributed by atoms with E-state index in [1.54, 1.807) is 12.1 Å². The Morgan fingerprint density at radius 3 is 2.57 bits per heavy atom. The molecule has 0 saturated heterocycles. The number of rotatable bonds is 9. The second-order valence-corrected chi connectivity index (χ2v) is 8.21. The molecule has 2 rings (SSSR count). The number of anilines is 1. The molecule has 28 heavy (non-hydrogen) atoms. The van der Waals surface area contributed by atoms with Crippen LogP contribution in [0.1, 0.15) is 26.7 Å². The fraction of sp³-hybridized carbons (Fsp3) is 0.500. The van der Waals surface area contributed by atoms with E-state index >= 15 is 0 Å². The number of carbonyl (C=O) groups is 2. The Morgan fingerprint density at radius 2 is 1.93 bits per heavy atom. The average Bonchev–Trinajstić information content (AvgIpc) is 3.13. The molecule has 4 N–H and O–H groups in total. The molecule has 1 aromatic rings. The van der Waals surface area contributed by atoms with Gasteiger partial charge in [0.05, 0.1) is 11.4 Å². The van der Waals surface area contributed by atoms with E-state index in [1.165, 1.54) is 12.1 Å². The second kappa shape index (κ2) is 10.2. The van der Waals surface area contributed by atoms with Gasteiger partial charge in [-0.1, -0.05) is 6.07 Å². The number of sulfonamides is 1. The molecule has 0 aliphatic carbocycles. The molecular formula is C18H28N5O4S+. The van der Waals surface area contributed by atoms with Crippen molar-refractivity contribution in [2.45, 2.75) is 31.6 Å². The van der Waals surface area contributed by atoms with Crippen LogP contribution in [0.25, 0.3) is 0 Å². The number of nitrogens with zero attached hydrogens (tertiary/aromatic N) is 1. The highest BCUT2D eigenvalue weighted by molar-refractivity contribution is 7.90. The molecule has 1 heterocycles. The van der Waals surface area contributed by atoms with Crippen molar-refractivity contribution in [1.82, 2.24) is 10.0 Å². The number of benzene rings is 1. The lowest BCUT2D eigenvalue weighted by Gasteiger charge is -2.17. The number of amidine groups is 1. The van der Waals surface area contributed by atoms with Gasteiger partial charge in [-0.25, -0.2) is 8.42 Å². The molecule has 1 aromatic carbocycles. The molecule has 9 nitrogen and oxygen atoms in total. The van der Waals surface area contributed by atoms with E-state index in [4.69, 9.17) is 0 Å². The first kappa shape index (κ1) is 21.8. The third-order valence-corrected chi connectivity index (χ3v) is 5.63. The SMILES string of the molecule is CCNC(=O)C[NH+](CC)CC(=O)Nc1cccc(S(=O)(=O)NC2=NCCC2)c1. The number of hydrogen-bond donors (Lipinski definition) is 4. The van der Waals surface area contributed by atoms with E-state index in [9.17, 15) is 18.0 Å². The van der Waals surface area contributed by atoms with E-state index in [1.807, 2.05) is 13.8 Å². The molecule has 0 spiro atoms. The van der Waals surface area contributed by atoms with E-state index in [0.29, 0.717) is 37.6 Å². The minimum absolute atomic E-state index is 0.0573. The summed E-state index contributed by atoms with van der Waals surface area (Å²) >= 11 is 0. The monoisotopic (exact) mass is 410 g/mol. The van der Waals surface area contributed by atoms with Crippen molar-refractivity contribution in [2.24, 2.45) is 4.99 Å². The average molecular weight is 411 g/mol. The zero-order valence-corrected chi connectivity index (χ0v) is 17.1. The predicted octanol–water partition coefficient (Wildman–Crippen LogP) is -0.863. The summed E-state index contributed by atoms with van der Waals surface area (Å²) in [5.41, 5.74) is 0.384. The zero-order chi connectivity index (χ0) is 20.6. The lowest BCUT2D eigenvalue weighted by Crippen LogP contribution is -3.14. The molecule has 1 unspecified atom stereocenters. The van der Waals surface area contributed by atoms with Crippen LogP contribution >= 0.6 is 0 Å². The van der Waals surface area contributed by atoms with Gasteiger partial charge in [0, 0.05) is 25.2 Å². The van der Waals surface area contributed by atoms with E-state index in [-0.39, 0.29) is 29.8 Å². The molecule has 0 bridgehead atoms. The number of quaternary nitrogens is 1. The summed E-state index contributed by atoms with van der Waals surface area (Å²) < 4.78 is 27.4. The maximum absolute atomic E-state index is 12.5. The molecule has 0 saturated carbocycles. The summed E-state index contributed by atoms with van der Waals surface area (Å²) in [5, 5.41) is 5.42. The maximum Gasteiger partial charge on any atom is 0.279 e. The number of aliphatic imine (C=N–C) groups is 1. The lowest BCUT2D eigenvalue weighted by molar-refractivity contribution is -0.881. The summed E-state index contributed by atoms with van der Waals surface area (Å²) in [6, 6.07) is 6.07. The fourth-order valence-corrected chi connectivity index (χ4v) is 3.94. The van der Waals surface area contributed by atoms with E-state index < -0.39 is 10.0 Å². The Labute approximate surface area is 165 Å². The van der Waals surface area contributed by atoms with Crippen LogP contribution in [0.15, 0.2) is 34.2 Å². The third-order valence-electron chi connectivity index (χ3n) is 4.25. The molecule has 1 aliphatic rings. The van der Waals surface area contributed by atoms with Crippen LogP contribution in [0.4, 0.5) is 5.69 Å². The van der Waals surface area contributed by atoms with E-state index in [2.05, 4.69) is 20.3 Å². The molecule has 1 atom stereocenters. The summed E-state index contributed by atoms with van der Waals surface area (Å²) in [4.78, 5) is 29.0. The molecule has 0 fully saturated rings. The first-order chi connectivity index (χ1) is 13.3. The summed E-state index contributed by atoms with van der Waals surface area (Å²) in [6.07, 6.45) is 1.44. The van der Waals surface area contributed by atoms with Gasteiger partial charge in [-0.15, -0.1) is 0 Å². The number of carbonyl (C=O) groups excluding carboxylic acids is 2. The van der Waals surface area contributed by atoms with Crippen LogP contribution in [0.5, 0.6) is 0 Å².